The summed E-state index contributed by atoms with van der Waals surface area (Å²) in [6, 6.07) is 15.5. The Bertz CT molecular complexity index is 832. The molecule has 3 rings (SSSR count). The molecular formula is C22H26N2O3. The van der Waals surface area contributed by atoms with Crippen molar-refractivity contribution in [1.29, 1.82) is 0 Å². The van der Waals surface area contributed by atoms with Gasteiger partial charge in [-0.1, -0.05) is 54.1 Å². The number of likely N-dealkylation sites (N-methyl/N-ethyl adjacent to an activating group) is 2. The van der Waals surface area contributed by atoms with Crippen molar-refractivity contribution >= 4 is 11.8 Å². The highest BCUT2D eigenvalue weighted by molar-refractivity contribution is 5.86. The smallest absolute Gasteiger partial charge is 0.254 e. The van der Waals surface area contributed by atoms with Crippen LogP contribution in [0.15, 0.2) is 48.5 Å². The monoisotopic (exact) mass is 366 g/mol. The lowest BCUT2D eigenvalue weighted by atomic mass is 9.93. The van der Waals surface area contributed by atoms with Crippen LogP contribution < -0.4 is 0 Å². The summed E-state index contributed by atoms with van der Waals surface area (Å²) in [6.07, 6.45) is -0.718. The van der Waals surface area contributed by atoms with E-state index in [0.717, 1.165) is 16.7 Å². The standard InChI is InChI=1S/C22H26N2O3/c1-15-9-11-17(12-10-15)13-23(3)22(26)21-20(24(4)19(25)14-27-21)18-8-6-5-7-16(18)2/h5-12,20-21H,13-14H2,1-4H3/t20-,21+/m1/s1. The van der Waals surface area contributed by atoms with Gasteiger partial charge < -0.3 is 14.5 Å². The highest BCUT2D eigenvalue weighted by Crippen LogP contribution is 2.32. The molecule has 2 aromatic carbocycles. The summed E-state index contributed by atoms with van der Waals surface area (Å²) in [7, 11) is 3.51. The first kappa shape index (κ1) is 19.1. The Morgan fingerprint density at radius 1 is 1.15 bits per heavy atom. The number of ether oxygens (including phenoxy) is 1. The van der Waals surface area contributed by atoms with Crippen LogP contribution in [0.1, 0.15) is 28.3 Å². The van der Waals surface area contributed by atoms with E-state index in [9.17, 15) is 9.59 Å². The maximum Gasteiger partial charge on any atom is 0.254 e. The van der Waals surface area contributed by atoms with E-state index < -0.39 is 12.1 Å². The van der Waals surface area contributed by atoms with E-state index >= 15 is 0 Å². The van der Waals surface area contributed by atoms with Crippen molar-refractivity contribution in [1.82, 2.24) is 9.80 Å². The van der Waals surface area contributed by atoms with Gasteiger partial charge in [0.25, 0.3) is 5.91 Å². The van der Waals surface area contributed by atoms with Gasteiger partial charge in [0.2, 0.25) is 5.91 Å². The zero-order valence-corrected chi connectivity index (χ0v) is 16.3. The average molecular weight is 366 g/mol. The van der Waals surface area contributed by atoms with E-state index in [4.69, 9.17) is 4.74 Å². The van der Waals surface area contributed by atoms with Gasteiger partial charge in [0, 0.05) is 20.6 Å². The Kier molecular flexibility index (Phi) is 5.61. The van der Waals surface area contributed by atoms with Crippen LogP contribution in [0.25, 0.3) is 0 Å². The van der Waals surface area contributed by atoms with E-state index in [2.05, 4.69) is 0 Å². The summed E-state index contributed by atoms with van der Waals surface area (Å²) < 4.78 is 5.74. The second-order valence-corrected chi connectivity index (χ2v) is 7.22. The number of carbonyl (C=O) groups excluding carboxylic acids is 2. The van der Waals surface area contributed by atoms with Gasteiger partial charge in [0.05, 0.1) is 6.04 Å². The molecule has 0 aromatic heterocycles. The molecule has 0 N–H and O–H groups in total. The Morgan fingerprint density at radius 3 is 2.48 bits per heavy atom. The molecule has 0 radical (unpaired) electrons. The summed E-state index contributed by atoms with van der Waals surface area (Å²) >= 11 is 0. The van der Waals surface area contributed by atoms with Crippen molar-refractivity contribution in [2.24, 2.45) is 0 Å². The number of amides is 2. The molecule has 2 amide bonds. The van der Waals surface area contributed by atoms with Gasteiger partial charge >= 0.3 is 0 Å². The molecule has 0 aliphatic carbocycles. The van der Waals surface area contributed by atoms with Crippen molar-refractivity contribution in [3.63, 3.8) is 0 Å². The van der Waals surface area contributed by atoms with E-state index in [1.165, 1.54) is 5.56 Å². The maximum absolute atomic E-state index is 13.2. The van der Waals surface area contributed by atoms with Gasteiger partial charge in [-0.25, -0.2) is 0 Å². The fourth-order valence-corrected chi connectivity index (χ4v) is 3.47. The fourth-order valence-electron chi connectivity index (χ4n) is 3.47. The molecular weight excluding hydrogens is 340 g/mol. The highest BCUT2D eigenvalue weighted by Gasteiger charge is 2.41. The van der Waals surface area contributed by atoms with Gasteiger partial charge in [-0.15, -0.1) is 0 Å². The van der Waals surface area contributed by atoms with Crippen molar-refractivity contribution in [2.45, 2.75) is 32.5 Å². The van der Waals surface area contributed by atoms with Crippen LogP contribution in [0.4, 0.5) is 0 Å². The molecule has 1 fully saturated rings. The minimum atomic E-state index is -0.718. The molecule has 1 aliphatic heterocycles. The molecule has 2 aromatic rings. The zero-order chi connectivity index (χ0) is 19.6. The molecule has 0 spiro atoms. The Balaban J connectivity index is 1.85. The molecule has 5 heteroatoms. The van der Waals surface area contributed by atoms with Crippen LogP contribution in [-0.2, 0) is 20.9 Å². The van der Waals surface area contributed by atoms with E-state index in [1.54, 1.807) is 23.9 Å². The normalized spacial score (nSPS) is 19.9. The number of rotatable bonds is 4. The van der Waals surface area contributed by atoms with Crippen LogP contribution in [0.5, 0.6) is 0 Å². The fraction of sp³-hybridized carbons (Fsp3) is 0.364. The molecule has 0 bridgehead atoms. The van der Waals surface area contributed by atoms with Crippen LogP contribution in [-0.4, -0.2) is 48.4 Å². The SMILES string of the molecule is Cc1ccc(CN(C)C(=O)[C@H]2OCC(=O)N(C)[C@@H]2c2ccccc2C)cc1. The largest absolute Gasteiger partial charge is 0.356 e. The predicted octanol–water partition coefficient (Wildman–Crippen LogP) is 2.86. The lowest BCUT2D eigenvalue weighted by Crippen LogP contribution is -2.53. The molecule has 2 atom stereocenters. The number of morpholine rings is 1. The minimum absolute atomic E-state index is 0.0757. The molecule has 0 unspecified atom stereocenters. The van der Waals surface area contributed by atoms with Crippen molar-refractivity contribution in [3.05, 3.63) is 70.8 Å². The summed E-state index contributed by atoms with van der Waals surface area (Å²) in [6.45, 7) is 4.44. The zero-order valence-electron chi connectivity index (χ0n) is 16.3. The quantitative estimate of drug-likeness (QED) is 0.836. The topological polar surface area (TPSA) is 49.9 Å². The van der Waals surface area contributed by atoms with Crippen molar-refractivity contribution in [3.8, 4) is 0 Å². The van der Waals surface area contributed by atoms with Crippen LogP contribution in [0.2, 0.25) is 0 Å². The molecule has 1 saturated heterocycles. The summed E-state index contributed by atoms with van der Waals surface area (Å²) in [5.41, 5.74) is 4.22. The Morgan fingerprint density at radius 2 is 1.81 bits per heavy atom. The molecule has 0 saturated carbocycles. The molecule has 5 nitrogen and oxygen atoms in total. The number of nitrogens with zero attached hydrogens (tertiary/aromatic N) is 2. The molecule has 142 valence electrons. The average Bonchev–Trinajstić information content (AvgIpc) is 2.66. The van der Waals surface area contributed by atoms with Gasteiger partial charge in [-0.05, 0) is 30.5 Å². The first-order chi connectivity index (χ1) is 12.9. The summed E-state index contributed by atoms with van der Waals surface area (Å²) in [5.74, 6) is -0.239. The van der Waals surface area contributed by atoms with E-state index in [-0.39, 0.29) is 18.4 Å². The van der Waals surface area contributed by atoms with Gasteiger partial charge in [-0.3, -0.25) is 9.59 Å². The van der Waals surface area contributed by atoms with E-state index in [1.807, 2.05) is 62.4 Å². The summed E-state index contributed by atoms with van der Waals surface area (Å²) in [5, 5.41) is 0. The molecule has 1 heterocycles. The Labute approximate surface area is 160 Å². The van der Waals surface area contributed by atoms with Gasteiger partial charge in [-0.2, -0.15) is 0 Å². The van der Waals surface area contributed by atoms with Crippen molar-refractivity contribution < 1.29 is 14.3 Å². The third-order valence-corrected chi connectivity index (χ3v) is 5.15. The second-order valence-electron chi connectivity index (χ2n) is 7.22. The molecule has 27 heavy (non-hydrogen) atoms. The van der Waals surface area contributed by atoms with Crippen LogP contribution in [0, 0.1) is 13.8 Å². The highest BCUT2D eigenvalue weighted by atomic mass is 16.5. The van der Waals surface area contributed by atoms with E-state index in [0.29, 0.717) is 6.54 Å². The Hall–Kier alpha value is -2.66. The van der Waals surface area contributed by atoms with Gasteiger partial charge in [0.1, 0.15) is 6.61 Å². The van der Waals surface area contributed by atoms with Crippen molar-refractivity contribution in [2.75, 3.05) is 20.7 Å². The van der Waals surface area contributed by atoms with Gasteiger partial charge in [0.15, 0.2) is 6.10 Å². The van der Waals surface area contributed by atoms with Crippen LogP contribution in [0.3, 0.4) is 0 Å². The molecule has 1 aliphatic rings. The third kappa shape index (κ3) is 4.03. The predicted molar refractivity (Wildman–Crippen MR) is 104 cm³/mol. The third-order valence-electron chi connectivity index (χ3n) is 5.15. The van der Waals surface area contributed by atoms with Crippen LogP contribution >= 0.6 is 0 Å². The number of benzene rings is 2. The number of carbonyl (C=O) groups is 2. The first-order valence-electron chi connectivity index (χ1n) is 9.12. The first-order valence-corrected chi connectivity index (χ1v) is 9.12. The number of hydrogen-bond donors (Lipinski definition) is 0. The lowest BCUT2D eigenvalue weighted by Gasteiger charge is -2.40. The summed E-state index contributed by atoms with van der Waals surface area (Å²) in [4.78, 5) is 28.7. The number of hydrogen-bond acceptors (Lipinski definition) is 3. The maximum atomic E-state index is 13.2. The number of aryl methyl sites for hydroxylation is 2. The lowest BCUT2D eigenvalue weighted by molar-refractivity contribution is -0.167. The minimum Gasteiger partial charge on any atom is -0.356 e. The second kappa shape index (κ2) is 7.92.